The third kappa shape index (κ3) is 1.14. The van der Waals surface area contributed by atoms with Gasteiger partial charge in [-0.25, -0.2) is 0 Å². The zero-order chi connectivity index (χ0) is 10.3. The fourth-order valence-corrected chi connectivity index (χ4v) is 2.36. The van der Waals surface area contributed by atoms with Gasteiger partial charge in [0.05, 0.1) is 5.71 Å². The maximum Gasteiger partial charge on any atom is 0.0874 e. The molecule has 0 aromatic heterocycles. The van der Waals surface area contributed by atoms with E-state index >= 15 is 0 Å². The molecule has 0 aliphatic heterocycles. The highest BCUT2D eigenvalue weighted by molar-refractivity contribution is 6.08. The Balaban J connectivity index is 2.37. The van der Waals surface area contributed by atoms with E-state index in [1.54, 1.807) is 0 Å². The summed E-state index contributed by atoms with van der Waals surface area (Å²) < 4.78 is 0. The molecule has 0 fully saturated rings. The van der Waals surface area contributed by atoms with Gasteiger partial charge in [0.1, 0.15) is 0 Å². The SMILES string of the molecule is O/N=C1\CCc2c1ccc1ccccc21. The minimum absolute atomic E-state index is 0.816. The molecule has 0 unspecified atom stereocenters. The van der Waals surface area contributed by atoms with Crippen molar-refractivity contribution in [3.8, 4) is 0 Å². The summed E-state index contributed by atoms with van der Waals surface area (Å²) in [4.78, 5) is 0. The second-order valence-electron chi connectivity index (χ2n) is 3.86. The molecule has 0 saturated carbocycles. The summed E-state index contributed by atoms with van der Waals surface area (Å²) in [6.45, 7) is 0. The normalized spacial score (nSPS) is 17.2. The number of benzene rings is 2. The lowest BCUT2D eigenvalue weighted by atomic mass is 10.0. The fourth-order valence-electron chi connectivity index (χ4n) is 2.36. The summed E-state index contributed by atoms with van der Waals surface area (Å²) in [6.07, 6.45) is 1.83. The lowest BCUT2D eigenvalue weighted by Gasteiger charge is -2.04. The van der Waals surface area contributed by atoms with Crippen molar-refractivity contribution in [2.24, 2.45) is 5.16 Å². The van der Waals surface area contributed by atoms with Gasteiger partial charge in [-0.15, -0.1) is 0 Å². The fraction of sp³-hybridized carbons (Fsp3) is 0.154. The van der Waals surface area contributed by atoms with Crippen LogP contribution in [0.1, 0.15) is 17.5 Å². The highest BCUT2D eigenvalue weighted by Crippen LogP contribution is 2.29. The molecule has 2 aromatic carbocycles. The van der Waals surface area contributed by atoms with Crippen molar-refractivity contribution >= 4 is 16.5 Å². The maximum atomic E-state index is 8.87. The summed E-state index contributed by atoms with van der Waals surface area (Å²) in [5.74, 6) is 0. The molecule has 2 aromatic rings. The van der Waals surface area contributed by atoms with Crippen LogP contribution in [0.25, 0.3) is 10.8 Å². The summed E-state index contributed by atoms with van der Waals surface area (Å²) in [5, 5.41) is 14.8. The van der Waals surface area contributed by atoms with Gasteiger partial charge in [-0.1, -0.05) is 41.6 Å². The highest BCUT2D eigenvalue weighted by Gasteiger charge is 2.19. The van der Waals surface area contributed by atoms with Crippen LogP contribution in [0, 0.1) is 0 Å². The van der Waals surface area contributed by atoms with Crippen molar-refractivity contribution in [2.75, 3.05) is 0 Å². The first-order valence-electron chi connectivity index (χ1n) is 5.12. The molecule has 0 bridgehead atoms. The average molecular weight is 197 g/mol. The van der Waals surface area contributed by atoms with Crippen LogP contribution in [-0.4, -0.2) is 10.9 Å². The molecule has 1 N–H and O–H groups in total. The second kappa shape index (κ2) is 3.09. The van der Waals surface area contributed by atoms with Gasteiger partial charge in [0, 0.05) is 5.56 Å². The van der Waals surface area contributed by atoms with Gasteiger partial charge in [-0.05, 0) is 29.2 Å². The first kappa shape index (κ1) is 8.48. The van der Waals surface area contributed by atoms with Crippen LogP contribution >= 0.6 is 0 Å². The molecule has 0 radical (unpaired) electrons. The largest absolute Gasteiger partial charge is 0.411 e. The first-order chi connectivity index (χ1) is 7.40. The van der Waals surface area contributed by atoms with E-state index in [9.17, 15) is 0 Å². The third-order valence-corrected chi connectivity index (χ3v) is 3.08. The molecule has 1 aliphatic carbocycles. The summed E-state index contributed by atoms with van der Waals surface area (Å²) >= 11 is 0. The van der Waals surface area contributed by atoms with Crippen LogP contribution in [-0.2, 0) is 6.42 Å². The minimum Gasteiger partial charge on any atom is -0.411 e. The van der Waals surface area contributed by atoms with Crippen LogP contribution in [0.4, 0.5) is 0 Å². The number of hydrogen-bond donors (Lipinski definition) is 1. The zero-order valence-electron chi connectivity index (χ0n) is 8.27. The van der Waals surface area contributed by atoms with E-state index < -0.39 is 0 Å². The summed E-state index contributed by atoms with van der Waals surface area (Å²) in [5.41, 5.74) is 3.24. The minimum atomic E-state index is 0.816. The lowest BCUT2D eigenvalue weighted by Crippen LogP contribution is -1.93. The number of oxime groups is 1. The van der Waals surface area contributed by atoms with Crippen LogP contribution < -0.4 is 0 Å². The first-order valence-corrected chi connectivity index (χ1v) is 5.12. The maximum absolute atomic E-state index is 8.87. The van der Waals surface area contributed by atoms with Crippen molar-refractivity contribution < 1.29 is 5.21 Å². The van der Waals surface area contributed by atoms with Crippen molar-refractivity contribution in [2.45, 2.75) is 12.8 Å². The molecule has 0 saturated heterocycles. The number of rotatable bonds is 0. The Labute approximate surface area is 87.8 Å². The van der Waals surface area contributed by atoms with Gasteiger partial charge < -0.3 is 5.21 Å². The number of hydrogen-bond acceptors (Lipinski definition) is 2. The van der Waals surface area contributed by atoms with Crippen molar-refractivity contribution in [1.29, 1.82) is 0 Å². The predicted octanol–water partition coefficient (Wildman–Crippen LogP) is 2.96. The monoisotopic (exact) mass is 197 g/mol. The number of aryl methyl sites for hydroxylation is 1. The van der Waals surface area contributed by atoms with Gasteiger partial charge in [-0.3, -0.25) is 0 Å². The quantitative estimate of drug-likeness (QED) is 0.511. The average Bonchev–Trinajstić information content (AvgIpc) is 2.72. The lowest BCUT2D eigenvalue weighted by molar-refractivity contribution is 0.318. The van der Waals surface area contributed by atoms with E-state index in [1.807, 2.05) is 6.07 Å². The Bertz CT molecular complexity index is 557. The summed E-state index contributed by atoms with van der Waals surface area (Å²) in [7, 11) is 0. The molecule has 15 heavy (non-hydrogen) atoms. The molecule has 3 rings (SSSR count). The number of fused-ring (bicyclic) bond motifs is 3. The molecule has 0 heterocycles. The van der Waals surface area contributed by atoms with E-state index in [0.717, 1.165) is 24.1 Å². The molecule has 0 spiro atoms. The van der Waals surface area contributed by atoms with Gasteiger partial charge >= 0.3 is 0 Å². The Morgan fingerprint density at radius 3 is 2.73 bits per heavy atom. The topological polar surface area (TPSA) is 32.6 Å². The van der Waals surface area contributed by atoms with Crippen molar-refractivity contribution in [3.63, 3.8) is 0 Å². The van der Waals surface area contributed by atoms with Crippen LogP contribution in [0.15, 0.2) is 41.6 Å². The molecule has 0 amide bonds. The third-order valence-electron chi connectivity index (χ3n) is 3.08. The second-order valence-corrected chi connectivity index (χ2v) is 3.86. The molecular formula is C13H11NO. The van der Waals surface area contributed by atoms with E-state index in [2.05, 4.69) is 35.5 Å². The van der Waals surface area contributed by atoms with Gasteiger partial charge in [-0.2, -0.15) is 0 Å². The van der Waals surface area contributed by atoms with E-state index in [4.69, 9.17) is 5.21 Å². The molecule has 2 nitrogen and oxygen atoms in total. The standard InChI is InChI=1S/C13H11NO/c15-14-13-8-7-11-10-4-2-1-3-9(10)5-6-12(11)13/h1-6,15H,7-8H2/b14-13+. The van der Waals surface area contributed by atoms with Gasteiger partial charge in [0.15, 0.2) is 0 Å². The zero-order valence-corrected chi connectivity index (χ0v) is 8.27. The van der Waals surface area contributed by atoms with Crippen molar-refractivity contribution in [3.05, 3.63) is 47.5 Å². The number of nitrogens with zero attached hydrogens (tertiary/aromatic N) is 1. The molecule has 0 atom stereocenters. The Morgan fingerprint density at radius 1 is 1.00 bits per heavy atom. The smallest absolute Gasteiger partial charge is 0.0874 e. The van der Waals surface area contributed by atoms with Gasteiger partial charge in [0.2, 0.25) is 0 Å². The van der Waals surface area contributed by atoms with Gasteiger partial charge in [0.25, 0.3) is 0 Å². The van der Waals surface area contributed by atoms with E-state index in [1.165, 1.54) is 16.3 Å². The molecular weight excluding hydrogens is 186 g/mol. The summed E-state index contributed by atoms with van der Waals surface area (Å²) in [6, 6.07) is 12.5. The molecule has 2 heteroatoms. The van der Waals surface area contributed by atoms with Crippen LogP contribution in [0.3, 0.4) is 0 Å². The Morgan fingerprint density at radius 2 is 1.87 bits per heavy atom. The van der Waals surface area contributed by atoms with E-state index in [-0.39, 0.29) is 0 Å². The Kier molecular flexibility index (Phi) is 1.75. The van der Waals surface area contributed by atoms with Crippen LogP contribution in [0.5, 0.6) is 0 Å². The predicted molar refractivity (Wildman–Crippen MR) is 60.6 cm³/mol. The van der Waals surface area contributed by atoms with E-state index in [0.29, 0.717) is 0 Å². The van der Waals surface area contributed by atoms with Crippen LogP contribution in [0.2, 0.25) is 0 Å². The molecule has 1 aliphatic rings. The highest BCUT2D eigenvalue weighted by atomic mass is 16.4. The van der Waals surface area contributed by atoms with Crippen molar-refractivity contribution in [1.82, 2.24) is 0 Å². The Hall–Kier alpha value is -1.83. The molecule has 74 valence electrons.